The summed E-state index contributed by atoms with van der Waals surface area (Å²) in [6, 6.07) is 16.5. The summed E-state index contributed by atoms with van der Waals surface area (Å²) < 4.78 is 5.19. The van der Waals surface area contributed by atoms with Crippen molar-refractivity contribution in [2.75, 3.05) is 7.11 Å². The predicted molar refractivity (Wildman–Crippen MR) is 83.2 cm³/mol. The second kappa shape index (κ2) is 4.97. The number of methoxy groups -OCH3 is 1. The van der Waals surface area contributed by atoms with Gasteiger partial charge in [-0.25, -0.2) is 4.98 Å². The van der Waals surface area contributed by atoms with Crippen LogP contribution in [0.2, 0.25) is 0 Å². The Kier molecular flexibility index (Phi) is 3.15. The maximum atomic E-state index is 5.19. The molecule has 20 heavy (non-hydrogen) atoms. The molecule has 2 nitrogen and oxygen atoms in total. The third-order valence-corrected chi connectivity index (χ3v) is 3.56. The number of fused-ring (bicyclic) bond motifs is 1. The van der Waals surface area contributed by atoms with Gasteiger partial charge in [-0.15, -0.1) is 0 Å². The van der Waals surface area contributed by atoms with Crippen LogP contribution in [0.5, 0.6) is 5.75 Å². The zero-order chi connectivity index (χ0) is 14.1. The Bertz CT molecular complexity index is 760. The number of aryl methyl sites for hydroxylation is 2. The summed E-state index contributed by atoms with van der Waals surface area (Å²) in [7, 11) is 1.68. The predicted octanol–water partition coefficient (Wildman–Crippen LogP) is 4.53. The van der Waals surface area contributed by atoms with Gasteiger partial charge in [-0.2, -0.15) is 0 Å². The second-order valence-electron chi connectivity index (χ2n) is 5.07. The Morgan fingerprint density at radius 2 is 1.65 bits per heavy atom. The van der Waals surface area contributed by atoms with Gasteiger partial charge in [0.15, 0.2) is 0 Å². The molecule has 0 unspecified atom stereocenters. The van der Waals surface area contributed by atoms with Gasteiger partial charge >= 0.3 is 0 Å². The third-order valence-electron chi connectivity index (χ3n) is 3.56. The highest BCUT2D eigenvalue weighted by Gasteiger charge is 2.05. The standard InChI is InChI=1S/C18H17NO/c1-12-4-9-17-16(10-12)13(2)11-18(19-17)14-5-7-15(20-3)8-6-14/h4-11H,1-3H3. The molecule has 100 valence electrons. The van der Waals surface area contributed by atoms with Crippen molar-refractivity contribution >= 4 is 10.9 Å². The molecular weight excluding hydrogens is 246 g/mol. The lowest BCUT2D eigenvalue weighted by Gasteiger charge is -2.08. The molecule has 0 saturated carbocycles. The first-order valence-electron chi connectivity index (χ1n) is 6.70. The van der Waals surface area contributed by atoms with Crippen molar-refractivity contribution in [2.24, 2.45) is 0 Å². The fraction of sp³-hybridized carbons (Fsp3) is 0.167. The number of ether oxygens (including phenoxy) is 1. The van der Waals surface area contributed by atoms with Crippen LogP contribution < -0.4 is 4.74 Å². The van der Waals surface area contributed by atoms with Gasteiger partial charge in [0.2, 0.25) is 0 Å². The Labute approximate surface area is 119 Å². The van der Waals surface area contributed by atoms with Gasteiger partial charge in [0.1, 0.15) is 5.75 Å². The number of pyridine rings is 1. The van der Waals surface area contributed by atoms with Gasteiger partial charge in [-0.1, -0.05) is 11.6 Å². The molecule has 0 aliphatic heterocycles. The van der Waals surface area contributed by atoms with Crippen LogP contribution in [0.1, 0.15) is 11.1 Å². The minimum absolute atomic E-state index is 0.863. The normalized spacial score (nSPS) is 10.8. The molecule has 1 heterocycles. The van der Waals surface area contributed by atoms with Crippen molar-refractivity contribution in [3.63, 3.8) is 0 Å². The summed E-state index contributed by atoms with van der Waals surface area (Å²) in [5.41, 5.74) is 5.67. The van der Waals surface area contributed by atoms with Crippen LogP contribution in [0.25, 0.3) is 22.2 Å². The Morgan fingerprint density at radius 3 is 2.35 bits per heavy atom. The number of rotatable bonds is 2. The van der Waals surface area contributed by atoms with E-state index in [4.69, 9.17) is 9.72 Å². The van der Waals surface area contributed by atoms with Gasteiger partial charge in [0, 0.05) is 10.9 Å². The van der Waals surface area contributed by atoms with E-state index >= 15 is 0 Å². The molecule has 2 aromatic carbocycles. The number of nitrogens with zero attached hydrogens (tertiary/aromatic N) is 1. The molecule has 0 aliphatic carbocycles. The summed E-state index contributed by atoms with van der Waals surface area (Å²) in [6.45, 7) is 4.24. The van der Waals surface area contributed by atoms with Crippen molar-refractivity contribution < 1.29 is 4.74 Å². The molecule has 3 aromatic rings. The molecule has 0 spiro atoms. The van der Waals surface area contributed by atoms with Crippen LogP contribution >= 0.6 is 0 Å². The van der Waals surface area contributed by atoms with E-state index in [1.807, 2.05) is 24.3 Å². The van der Waals surface area contributed by atoms with Crippen LogP contribution in [-0.2, 0) is 0 Å². The number of benzene rings is 2. The maximum Gasteiger partial charge on any atom is 0.118 e. The van der Waals surface area contributed by atoms with E-state index in [-0.39, 0.29) is 0 Å². The molecule has 1 aromatic heterocycles. The van der Waals surface area contributed by atoms with E-state index in [0.717, 1.165) is 22.5 Å². The highest BCUT2D eigenvalue weighted by molar-refractivity contribution is 5.85. The van der Waals surface area contributed by atoms with E-state index in [1.54, 1.807) is 7.11 Å². The quantitative estimate of drug-likeness (QED) is 0.677. The van der Waals surface area contributed by atoms with Gasteiger partial charge < -0.3 is 4.74 Å². The number of hydrogen-bond donors (Lipinski definition) is 0. The van der Waals surface area contributed by atoms with Gasteiger partial charge in [0.25, 0.3) is 0 Å². The lowest BCUT2D eigenvalue weighted by molar-refractivity contribution is 0.415. The molecule has 2 heteroatoms. The minimum Gasteiger partial charge on any atom is -0.497 e. The van der Waals surface area contributed by atoms with Crippen LogP contribution in [0.3, 0.4) is 0 Å². The molecule has 0 fully saturated rings. The number of hydrogen-bond acceptors (Lipinski definition) is 2. The third kappa shape index (κ3) is 2.25. The first kappa shape index (κ1) is 12.7. The van der Waals surface area contributed by atoms with E-state index < -0.39 is 0 Å². The van der Waals surface area contributed by atoms with Crippen LogP contribution in [-0.4, -0.2) is 12.1 Å². The SMILES string of the molecule is COc1ccc(-c2cc(C)c3cc(C)ccc3n2)cc1. The van der Waals surface area contributed by atoms with Gasteiger partial charge in [-0.05, 0) is 61.9 Å². The summed E-state index contributed by atoms with van der Waals surface area (Å²) in [4.78, 5) is 4.76. The van der Waals surface area contributed by atoms with E-state index in [1.165, 1.54) is 16.5 Å². The molecular formula is C18H17NO. The largest absolute Gasteiger partial charge is 0.497 e. The summed E-state index contributed by atoms with van der Waals surface area (Å²) in [5, 5.41) is 1.22. The lowest BCUT2D eigenvalue weighted by Crippen LogP contribution is -1.90. The van der Waals surface area contributed by atoms with E-state index in [0.29, 0.717) is 0 Å². The van der Waals surface area contributed by atoms with Gasteiger partial charge in [0.05, 0.1) is 18.3 Å². The zero-order valence-corrected chi connectivity index (χ0v) is 12.0. The molecule has 0 N–H and O–H groups in total. The topological polar surface area (TPSA) is 22.1 Å². The Hall–Kier alpha value is -2.35. The van der Waals surface area contributed by atoms with Gasteiger partial charge in [-0.3, -0.25) is 0 Å². The highest BCUT2D eigenvalue weighted by atomic mass is 16.5. The Morgan fingerprint density at radius 1 is 0.900 bits per heavy atom. The van der Waals surface area contributed by atoms with Crippen LogP contribution in [0, 0.1) is 13.8 Å². The van der Waals surface area contributed by atoms with E-state index in [2.05, 4.69) is 38.1 Å². The molecule has 0 atom stereocenters. The lowest BCUT2D eigenvalue weighted by atomic mass is 10.0. The average Bonchev–Trinajstić information content (AvgIpc) is 2.48. The van der Waals surface area contributed by atoms with Crippen LogP contribution in [0.15, 0.2) is 48.5 Å². The first-order valence-corrected chi connectivity index (χ1v) is 6.70. The minimum atomic E-state index is 0.863. The van der Waals surface area contributed by atoms with Crippen molar-refractivity contribution in [1.82, 2.24) is 4.98 Å². The fourth-order valence-corrected chi connectivity index (χ4v) is 2.42. The van der Waals surface area contributed by atoms with E-state index in [9.17, 15) is 0 Å². The fourth-order valence-electron chi connectivity index (χ4n) is 2.42. The molecule has 0 aliphatic rings. The molecule has 0 bridgehead atoms. The second-order valence-corrected chi connectivity index (χ2v) is 5.07. The molecule has 3 rings (SSSR count). The zero-order valence-electron chi connectivity index (χ0n) is 12.0. The molecule has 0 radical (unpaired) electrons. The summed E-state index contributed by atoms with van der Waals surface area (Å²) >= 11 is 0. The summed E-state index contributed by atoms with van der Waals surface area (Å²) in [5.74, 6) is 0.863. The van der Waals surface area contributed by atoms with Crippen molar-refractivity contribution in [3.05, 3.63) is 59.7 Å². The highest BCUT2D eigenvalue weighted by Crippen LogP contribution is 2.26. The van der Waals surface area contributed by atoms with Crippen LogP contribution in [0.4, 0.5) is 0 Å². The summed E-state index contributed by atoms with van der Waals surface area (Å²) in [6.07, 6.45) is 0. The number of aromatic nitrogens is 1. The smallest absolute Gasteiger partial charge is 0.118 e. The maximum absolute atomic E-state index is 5.19. The molecule has 0 saturated heterocycles. The first-order chi connectivity index (χ1) is 9.67. The van der Waals surface area contributed by atoms with Crippen molar-refractivity contribution in [1.29, 1.82) is 0 Å². The average molecular weight is 263 g/mol. The van der Waals surface area contributed by atoms with Crippen molar-refractivity contribution in [2.45, 2.75) is 13.8 Å². The van der Waals surface area contributed by atoms with Crippen molar-refractivity contribution in [3.8, 4) is 17.0 Å². The monoisotopic (exact) mass is 263 g/mol. The Balaban J connectivity index is 2.14. The molecule has 0 amide bonds.